The Morgan fingerprint density at radius 2 is 2.10 bits per heavy atom. The van der Waals surface area contributed by atoms with E-state index >= 15 is 0 Å². The quantitative estimate of drug-likeness (QED) is 0.709. The first-order valence-electron chi connectivity index (χ1n) is 7.48. The Morgan fingerprint density at radius 1 is 1.38 bits per heavy atom. The Balaban J connectivity index is 1.58. The molecule has 2 heterocycles. The van der Waals surface area contributed by atoms with Gasteiger partial charge in [0.2, 0.25) is 5.91 Å². The number of amides is 1. The maximum Gasteiger partial charge on any atom is 0.252 e. The van der Waals surface area contributed by atoms with Crippen LogP contribution in [0.2, 0.25) is 0 Å². The number of hydrogen-bond donors (Lipinski definition) is 3. The van der Waals surface area contributed by atoms with E-state index in [1.807, 2.05) is 0 Å². The predicted molar refractivity (Wildman–Crippen MR) is 79.1 cm³/mol. The number of nitrogens with zero attached hydrogens (tertiary/aromatic N) is 2. The second-order valence-corrected chi connectivity index (χ2v) is 5.95. The van der Waals surface area contributed by atoms with Crippen LogP contribution in [-0.2, 0) is 4.79 Å². The molecule has 0 radical (unpaired) electrons. The van der Waals surface area contributed by atoms with Gasteiger partial charge in [-0.2, -0.15) is 0 Å². The fraction of sp³-hybridized carbons (Fsp3) is 0.643. The first-order valence-corrected chi connectivity index (χ1v) is 7.48. The molecular weight excluding hydrogens is 270 g/mol. The molecule has 1 saturated heterocycles. The number of carbonyl (C=O) groups excluding carboxylic acids is 1. The van der Waals surface area contributed by atoms with E-state index in [0.717, 1.165) is 44.6 Å². The highest BCUT2D eigenvalue weighted by molar-refractivity contribution is 5.75. The van der Waals surface area contributed by atoms with E-state index in [2.05, 4.69) is 20.2 Å². The summed E-state index contributed by atoms with van der Waals surface area (Å²) in [4.78, 5) is 31.9. The van der Waals surface area contributed by atoms with Gasteiger partial charge in [0.15, 0.2) is 0 Å². The van der Waals surface area contributed by atoms with Crippen LogP contribution in [-0.4, -0.2) is 46.5 Å². The summed E-state index contributed by atoms with van der Waals surface area (Å²) in [5.41, 5.74) is 5.11. The normalized spacial score (nSPS) is 20.4. The molecule has 21 heavy (non-hydrogen) atoms. The topological polar surface area (TPSA) is 104 Å². The lowest BCUT2D eigenvalue weighted by molar-refractivity contribution is -0.119. The Kier molecular flexibility index (Phi) is 3.92. The lowest BCUT2D eigenvalue weighted by atomic mass is 10.1. The van der Waals surface area contributed by atoms with Crippen molar-refractivity contribution in [3.63, 3.8) is 0 Å². The summed E-state index contributed by atoms with van der Waals surface area (Å²) in [5.74, 6) is 1.61. The van der Waals surface area contributed by atoms with Crippen molar-refractivity contribution in [3.05, 3.63) is 22.2 Å². The molecular formula is C14H21N5O2. The molecule has 1 aliphatic heterocycles. The number of hydrogen-bond acceptors (Lipinski definition) is 5. The minimum Gasteiger partial charge on any atom is -0.369 e. The summed E-state index contributed by atoms with van der Waals surface area (Å²) in [6.45, 7) is 1.99. The van der Waals surface area contributed by atoms with E-state index in [9.17, 15) is 9.59 Å². The molecule has 2 aliphatic rings. The van der Waals surface area contributed by atoms with Crippen LogP contribution < -0.4 is 16.6 Å². The van der Waals surface area contributed by atoms with Gasteiger partial charge in [-0.15, -0.1) is 0 Å². The zero-order chi connectivity index (χ0) is 14.8. The number of nitrogens with one attached hydrogen (secondary N) is 2. The first-order chi connectivity index (χ1) is 10.1. The van der Waals surface area contributed by atoms with Gasteiger partial charge in [0.05, 0.1) is 6.54 Å². The summed E-state index contributed by atoms with van der Waals surface area (Å²) in [7, 11) is 0. The van der Waals surface area contributed by atoms with Gasteiger partial charge < -0.3 is 16.0 Å². The molecule has 2 fully saturated rings. The highest BCUT2D eigenvalue weighted by Crippen LogP contribution is 2.37. The van der Waals surface area contributed by atoms with Crippen LogP contribution in [0.3, 0.4) is 0 Å². The van der Waals surface area contributed by atoms with Crippen molar-refractivity contribution in [2.75, 3.05) is 25.0 Å². The number of carbonyl (C=O) groups is 1. The molecule has 0 aromatic carbocycles. The molecule has 0 spiro atoms. The molecule has 0 bridgehead atoms. The van der Waals surface area contributed by atoms with Gasteiger partial charge in [-0.05, 0) is 25.7 Å². The van der Waals surface area contributed by atoms with Crippen molar-refractivity contribution in [1.82, 2.24) is 14.9 Å². The van der Waals surface area contributed by atoms with Crippen molar-refractivity contribution in [3.8, 4) is 0 Å². The third-order valence-corrected chi connectivity index (χ3v) is 4.04. The molecule has 1 amide bonds. The number of nitrogens with two attached hydrogens (primary N) is 1. The van der Waals surface area contributed by atoms with Crippen molar-refractivity contribution in [2.45, 2.75) is 37.6 Å². The summed E-state index contributed by atoms with van der Waals surface area (Å²) in [6.07, 6.45) is 4.05. The SMILES string of the molecule is NC(=O)CN1CCC(Nc2cc(=O)[nH]c(C3CC3)n2)CC1. The van der Waals surface area contributed by atoms with E-state index in [1.165, 1.54) is 6.07 Å². The van der Waals surface area contributed by atoms with Crippen molar-refractivity contribution in [2.24, 2.45) is 5.73 Å². The standard InChI is InChI=1S/C14H21N5O2/c15-11(20)8-19-5-3-10(4-6-19)16-12-7-13(21)18-14(17-12)9-1-2-9/h7,9-10H,1-6,8H2,(H2,15,20)(H2,16,17,18,21). The summed E-state index contributed by atoms with van der Waals surface area (Å²) in [5, 5.41) is 3.34. The molecule has 7 nitrogen and oxygen atoms in total. The van der Waals surface area contributed by atoms with Gasteiger partial charge in [0.25, 0.3) is 5.56 Å². The van der Waals surface area contributed by atoms with Gasteiger partial charge in [0.1, 0.15) is 11.6 Å². The number of H-pyrrole nitrogens is 1. The Bertz CT molecular complexity index is 573. The smallest absolute Gasteiger partial charge is 0.252 e. The minimum absolute atomic E-state index is 0.0967. The number of anilines is 1. The van der Waals surface area contributed by atoms with Crippen LogP contribution in [0.4, 0.5) is 5.82 Å². The molecule has 0 atom stereocenters. The predicted octanol–water partition coefficient (Wildman–Crippen LogP) is 0.00890. The van der Waals surface area contributed by atoms with Crippen molar-refractivity contribution >= 4 is 11.7 Å². The molecule has 4 N–H and O–H groups in total. The maximum atomic E-state index is 11.7. The van der Waals surface area contributed by atoms with Crippen LogP contribution in [0.15, 0.2) is 10.9 Å². The molecule has 1 aliphatic carbocycles. The van der Waals surface area contributed by atoms with Crippen molar-refractivity contribution in [1.29, 1.82) is 0 Å². The van der Waals surface area contributed by atoms with E-state index in [4.69, 9.17) is 5.73 Å². The zero-order valence-corrected chi connectivity index (χ0v) is 12.0. The van der Waals surface area contributed by atoms with E-state index in [-0.39, 0.29) is 17.5 Å². The van der Waals surface area contributed by atoms with Gasteiger partial charge in [-0.25, -0.2) is 4.98 Å². The number of primary amides is 1. The van der Waals surface area contributed by atoms with Crippen LogP contribution in [0.25, 0.3) is 0 Å². The fourth-order valence-electron chi connectivity index (χ4n) is 2.77. The number of likely N-dealkylation sites (tertiary alicyclic amines) is 1. The summed E-state index contributed by atoms with van der Waals surface area (Å²) >= 11 is 0. The molecule has 1 aromatic rings. The zero-order valence-electron chi connectivity index (χ0n) is 12.0. The number of rotatable bonds is 5. The Labute approximate surface area is 122 Å². The molecule has 1 aromatic heterocycles. The van der Waals surface area contributed by atoms with Crippen LogP contribution in [0.1, 0.15) is 37.4 Å². The highest BCUT2D eigenvalue weighted by Gasteiger charge is 2.27. The number of piperidine rings is 1. The van der Waals surface area contributed by atoms with E-state index < -0.39 is 0 Å². The third-order valence-electron chi connectivity index (χ3n) is 4.04. The average Bonchev–Trinajstić information content (AvgIpc) is 3.24. The molecule has 1 saturated carbocycles. The maximum absolute atomic E-state index is 11.7. The van der Waals surface area contributed by atoms with Gasteiger partial charge in [0, 0.05) is 31.1 Å². The number of aromatic nitrogens is 2. The summed E-state index contributed by atoms with van der Waals surface area (Å²) in [6, 6.07) is 1.80. The lowest BCUT2D eigenvalue weighted by Crippen LogP contribution is -2.43. The van der Waals surface area contributed by atoms with Gasteiger partial charge >= 0.3 is 0 Å². The second-order valence-electron chi connectivity index (χ2n) is 5.95. The largest absolute Gasteiger partial charge is 0.369 e. The summed E-state index contributed by atoms with van der Waals surface area (Å²) < 4.78 is 0. The molecule has 0 unspecified atom stereocenters. The van der Waals surface area contributed by atoms with E-state index in [1.54, 1.807) is 0 Å². The number of aromatic amines is 1. The Hall–Kier alpha value is -1.89. The molecule has 114 valence electrons. The van der Waals surface area contributed by atoms with Gasteiger partial charge in [-0.1, -0.05) is 0 Å². The molecule has 7 heteroatoms. The van der Waals surface area contributed by atoms with E-state index in [0.29, 0.717) is 18.3 Å². The van der Waals surface area contributed by atoms with Crippen molar-refractivity contribution < 1.29 is 4.79 Å². The highest BCUT2D eigenvalue weighted by atomic mass is 16.1. The second kappa shape index (κ2) is 5.85. The van der Waals surface area contributed by atoms with Crippen LogP contribution >= 0.6 is 0 Å². The minimum atomic E-state index is -0.285. The monoisotopic (exact) mass is 291 g/mol. The van der Waals surface area contributed by atoms with Gasteiger partial charge in [-0.3, -0.25) is 14.5 Å². The lowest BCUT2D eigenvalue weighted by Gasteiger charge is -2.31. The third kappa shape index (κ3) is 3.81. The average molecular weight is 291 g/mol. The molecule has 3 rings (SSSR count). The Morgan fingerprint density at radius 3 is 2.71 bits per heavy atom. The van der Waals surface area contributed by atoms with Crippen LogP contribution in [0, 0.1) is 0 Å². The first kappa shape index (κ1) is 14.1. The van der Waals surface area contributed by atoms with Crippen LogP contribution in [0.5, 0.6) is 0 Å². The fourth-order valence-corrected chi connectivity index (χ4v) is 2.77.